The fourth-order valence-corrected chi connectivity index (χ4v) is 12.7. The van der Waals surface area contributed by atoms with Crippen LogP contribution in [-0.2, 0) is 54.5 Å². The second-order valence-electron chi connectivity index (χ2n) is 18.6. The quantitative estimate of drug-likeness (QED) is 0.0875. The summed E-state index contributed by atoms with van der Waals surface area (Å²) < 4.78 is 166. The van der Waals surface area contributed by atoms with Gasteiger partial charge in [-0.1, -0.05) is 23.6 Å². The number of sulfone groups is 1. The number of rotatable bonds is 13. The van der Waals surface area contributed by atoms with E-state index in [9.17, 15) is 43.6 Å². The van der Waals surface area contributed by atoms with E-state index in [1.165, 1.54) is 36.7 Å². The molecule has 5 aromatic rings. The number of nitrogens with one attached hydrogen (secondary N) is 2. The van der Waals surface area contributed by atoms with Crippen molar-refractivity contribution < 1.29 is 57.1 Å². The van der Waals surface area contributed by atoms with Gasteiger partial charge in [-0.25, -0.2) is 30.6 Å². The van der Waals surface area contributed by atoms with Crippen LogP contribution in [0.3, 0.4) is 0 Å². The van der Waals surface area contributed by atoms with Gasteiger partial charge in [0.2, 0.25) is 15.9 Å². The number of alkyl halides is 5. The average Bonchev–Trinajstić information content (AvgIpc) is 4.14. The van der Waals surface area contributed by atoms with E-state index in [1.807, 2.05) is 0 Å². The van der Waals surface area contributed by atoms with Crippen molar-refractivity contribution in [2.45, 2.75) is 111 Å². The summed E-state index contributed by atoms with van der Waals surface area (Å²) >= 11 is 6.83. The van der Waals surface area contributed by atoms with Crippen LogP contribution in [0.15, 0.2) is 42.5 Å². The van der Waals surface area contributed by atoms with Gasteiger partial charge in [0.1, 0.15) is 34.3 Å². The number of sulfonamides is 1. The lowest BCUT2D eigenvalue weighted by Crippen LogP contribution is -2.36. The highest BCUT2D eigenvalue weighted by Crippen LogP contribution is 2.64. The summed E-state index contributed by atoms with van der Waals surface area (Å²) in [4.78, 5) is 19.1. The Labute approximate surface area is 390 Å². The molecule has 0 radical (unpaired) electrons. The molecular formula is C45H41ClF7N7O6S2. The summed E-state index contributed by atoms with van der Waals surface area (Å²) in [5.41, 5.74) is -2.58. The first-order valence-electron chi connectivity index (χ1n) is 21.8. The van der Waals surface area contributed by atoms with Crippen LogP contribution >= 0.6 is 11.6 Å². The number of pyridine rings is 1. The largest absolute Gasteiger partial charge is 0.435 e. The van der Waals surface area contributed by atoms with Crippen molar-refractivity contribution in [3.05, 3.63) is 93.0 Å². The lowest BCUT2D eigenvalue weighted by Gasteiger charge is -2.34. The van der Waals surface area contributed by atoms with E-state index in [4.69, 9.17) is 21.3 Å². The second-order valence-corrected chi connectivity index (χ2v) is 23.7. The molecule has 13 nitrogen and oxygen atoms in total. The summed E-state index contributed by atoms with van der Waals surface area (Å²) in [6.07, 6.45) is -3.69. The third-order valence-electron chi connectivity index (χ3n) is 13.4. The topological polar surface area (TPSA) is 167 Å². The van der Waals surface area contributed by atoms with Gasteiger partial charge in [0.05, 0.1) is 57.4 Å². The van der Waals surface area contributed by atoms with E-state index in [0.29, 0.717) is 42.0 Å². The van der Waals surface area contributed by atoms with Crippen LogP contribution in [-0.4, -0.2) is 75.7 Å². The van der Waals surface area contributed by atoms with E-state index >= 15 is 8.78 Å². The predicted octanol–water partition coefficient (Wildman–Crippen LogP) is 8.13. The van der Waals surface area contributed by atoms with Crippen LogP contribution in [0, 0.1) is 29.4 Å². The van der Waals surface area contributed by atoms with Crippen LogP contribution in [0.2, 0.25) is 5.02 Å². The number of ether oxygens (including phenoxy) is 1. The van der Waals surface area contributed by atoms with Gasteiger partial charge >= 0.3 is 6.18 Å². The number of benzene rings is 2. The molecule has 3 aromatic heterocycles. The van der Waals surface area contributed by atoms with Crippen molar-refractivity contribution in [2.24, 2.45) is 5.92 Å². The standard InChI is InChI=1S/C45H41ClF7N7O6S2/c1-43(2,67(62,63)27-4-5-27)14-13-25-3-8-29(30-10-12-33(46)37-39(30)60(26-20-66-21-26)57-42(37)58-68(64,65)28-6-7-28)38(54-25)34(17-22-15-23(47)18-24(48)16-22)55-35(61)19-59-41-36(40(56-59)45(51,52)53)31-9-11-32(31)44(41,49)50/h3,8,10,12,15-16,18,26-28,31-32,34H,4-7,9,11,17,19-21H2,1-2H3,(H,55,61)(H,57,58)/t31-,32+,34-/m0/s1. The highest BCUT2D eigenvalue weighted by atomic mass is 35.5. The Morgan fingerprint density at radius 3 is 2.22 bits per heavy atom. The molecule has 3 atom stereocenters. The number of carbonyl (C=O) groups is 1. The molecular weight excluding hydrogens is 967 g/mol. The number of hydrogen-bond donors (Lipinski definition) is 2. The summed E-state index contributed by atoms with van der Waals surface area (Å²) in [5.74, 6) is -3.82. The molecule has 1 amide bonds. The molecule has 3 saturated carbocycles. The van der Waals surface area contributed by atoms with E-state index in [2.05, 4.69) is 32.1 Å². The molecule has 4 aliphatic carbocycles. The number of amides is 1. The molecule has 1 aliphatic heterocycles. The fourth-order valence-electron chi connectivity index (χ4n) is 9.38. The molecule has 1 saturated heterocycles. The van der Waals surface area contributed by atoms with E-state index in [1.54, 1.807) is 6.07 Å². The van der Waals surface area contributed by atoms with Crippen molar-refractivity contribution in [1.82, 2.24) is 29.9 Å². The lowest BCUT2D eigenvalue weighted by molar-refractivity contribution is -0.144. The predicted molar refractivity (Wildman–Crippen MR) is 234 cm³/mol. The summed E-state index contributed by atoms with van der Waals surface area (Å²) in [5, 5.41) is 9.90. The maximum atomic E-state index is 15.9. The van der Waals surface area contributed by atoms with Crippen molar-refractivity contribution >= 4 is 54.1 Å². The van der Waals surface area contributed by atoms with Crippen molar-refractivity contribution in [1.29, 1.82) is 0 Å². The summed E-state index contributed by atoms with van der Waals surface area (Å²) in [6.45, 7) is 2.11. The van der Waals surface area contributed by atoms with E-state index in [0.717, 1.165) is 12.1 Å². The number of anilines is 1. The second kappa shape index (κ2) is 16.2. The van der Waals surface area contributed by atoms with Crippen molar-refractivity contribution in [2.75, 3.05) is 17.9 Å². The number of carbonyl (C=O) groups excluding carboxylic acids is 1. The van der Waals surface area contributed by atoms with Crippen LogP contribution in [0.5, 0.6) is 0 Å². The first kappa shape index (κ1) is 46.5. The van der Waals surface area contributed by atoms with E-state index in [-0.39, 0.29) is 70.3 Å². The first-order chi connectivity index (χ1) is 31.9. The molecule has 10 rings (SSSR count). The number of halogens is 8. The van der Waals surface area contributed by atoms with Gasteiger partial charge in [0, 0.05) is 28.7 Å². The Morgan fingerprint density at radius 1 is 0.941 bits per heavy atom. The highest BCUT2D eigenvalue weighted by Gasteiger charge is 2.63. The van der Waals surface area contributed by atoms with Gasteiger partial charge < -0.3 is 10.1 Å². The third-order valence-corrected chi connectivity index (χ3v) is 18.4. The number of nitrogens with zero attached hydrogens (tertiary/aromatic N) is 5. The maximum Gasteiger partial charge on any atom is 0.435 e. The summed E-state index contributed by atoms with van der Waals surface area (Å²) in [7, 11) is -7.62. The lowest BCUT2D eigenvalue weighted by atomic mass is 9.73. The molecule has 2 N–H and O–H groups in total. The maximum absolute atomic E-state index is 15.9. The Balaban J connectivity index is 1.14. The Bertz CT molecular complexity index is 3210. The van der Waals surface area contributed by atoms with Crippen LogP contribution in [0.25, 0.3) is 22.0 Å². The normalized spacial score (nSPS) is 20.7. The molecule has 4 fully saturated rings. The molecule has 5 aliphatic rings. The van der Waals surface area contributed by atoms with E-state index < -0.39 is 119 Å². The van der Waals surface area contributed by atoms with Crippen LogP contribution in [0.4, 0.5) is 36.6 Å². The van der Waals surface area contributed by atoms with Crippen LogP contribution in [0.1, 0.15) is 104 Å². The molecule has 0 bridgehead atoms. The number of fused-ring (bicyclic) bond motifs is 4. The molecule has 0 unspecified atom stereocenters. The van der Waals surface area contributed by atoms with Gasteiger partial charge in [0.25, 0.3) is 5.92 Å². The van der Waals surface area contributed by atoms with Gasteiger partial charge in [-0.05, 0) is 107 Å². The van der Waals surface area contributed by atoms with Gasteiger partial charge in [-0.3, -0.25) is 18.9 Å². The molecule has 4 heterocycles. The highest BCUT2D eigenvalue weighted by molar-refractivity contribution is 7.94. The molecule has 360 valence electrons. The molecule has 2 aromatic carbocycles. The number of hydrogen-bond acceptors (Lipinski definition) is 9. The Kier molecular flexibility index (Phi) is 11.1. The van der Waals surface area contributed by atoms with Gasteiger partial charge in [-0.15, -0.1) is 0 Å². The average molecular weight is 1010 g/mol. The zero-order valence-electron chi connectivity index (χ0n) is 36.1. The Hall–Kier alpha value is -5.24. The van der Waals surface area contributed by atoms with Crippen molar-refractivity contribution in [3.63, 3.8) is 0 Å². The third kappa shape index (κ3) is 8.09. The fraction of sp³-hybridized carbons (Fsp3) is 0.467. The SMILES string of the molecule is CC(C)(C#Cc1ccc(-c2ccc(Cl)c3c(NS(=O)(=O)C4CC4)nn(C4COC4)c23)c([C@H](Cc2cc(F)cc(F)c2)NC(=O)Cn2nc(C(F)(F)F)c3c2C(F)(F)[C@@H]2CC[C@H]32)n1)S(=O)(=O)C1CC1. The van der Waals surface area contributed by atoms with Gasteiger partial charge in [-0.2, -0.15) is 32.1 Å². The minimum Gasteiger partial charge on any atom is -0.377 e. The minimum absolute atomic E-state index is 0.0298. The zero-order valence-corrected chi connectivity index (χ0v) is 38.5. The number of aromatic nitrogens is 5. The first-order valence-corrected chi connectivity index (χ1v) is 25.3. The molecule has 68 heavy (non-hydrogen) atoms. The monoisotopic (exact) mass is 1010 g/mol. The Morgan fingerprint density at radius 2 is 1.62 bits per heavy atom. The smallest absolute Gasteiger partial charge is 0.377 e. The van der Waals surface area contributed by atoms with Gasteiger partial charge in [0.15, 0.2) is 21.3 Å². The molecule has 23 heteroatoms. The van der Waals surface area contributed by atoms with Crippen LogP contribution < -0.4 is 10.0 Å². The summed E-state index contributed by atoms with van der Waals surface area (Å²) in [6, 6.07) is 6.69. The minimum atomic E-state index is -5.12. The zero-order chi connectivity index (χ0) is 48.5. The molecule has 0 spiro atoms. The van der Waals surface area contributed by atoms with Crippen molar-refractivity contribution in [3.8, 4) is 23.0 Å².